The van der Waals surface area contributed by atoms with E-state index in [2.05, 4.69) is 12.2 Å². The number of hydrogen-bond donors (Lipinski definition) is 0. The summed E-state index contributed by atoms with van der Waals surface area (Å²) in [6, 6.07) is 5.97. The summed E-state index contributed by atoms with van der Waals surface area (Å²) in [5, 5.41) is 0. The van der Waals surface area contributed by atoms with E-state index in [1.165, 1.54) is 7.11 Å². The van der Waals surface area contributed by atoms with Crippen molar-refractivity contribution in [3.05, 3.63) is 35.9 Å². The van der Waals surface area contributed by atoms with Crippen molar-refractivity contribution in [1.82, 2.24) is 4.90 Å². The molecule has 1 saturated heterocycles. The Morgan fingerprint density at radius 1 is 1.32 bits per heavy atom. The van der Waals surface area contributed by atoms with Gasteiger partial charge in [0.1, 0.15) is 6.54 Å². The third-order valence-corrected chi connectivity index (χ3v) is 5.58. The molecule has 0 aromatic heterocycles. The van der Waals surface area contributed by atoms with Crippen LogP contribution in [-0.4, -0.2) is 42.8 Å². The second-order valence-electron chi connectivity index (χ2n) is 6.74. The van der Waals surface area contributed by atoms with Gasteiger partial charge in [-0.25, -0.2) is 0 Å². The molecule has 1 aromatic carbocycles. The molecule has 3 aliphatic rings. The molecule has 2 aliphatic heterocycles. The SMILES string of the molecule is COC(=O)CN1C(=O)CC[C@@]12CC=CC[C@H]2c1ccc2c(c1)OCO2. The van der Waals surface area contributed by atoms with Crippen LogP contribution >= 0.6 is 0 Å². The van der Waals surface area contributed by atoms with Crippen LogP contribution in [0, 0.1) is 0 Å². The van der Waals surface area contributed by atoms with Crippen molar-refractivity contribution < 1.29 is 23.8 Å². The molecule has 0 unspecified atom stereocenters. The number of methoxy groups -OCH3 is 1. The maximum atomic E-state index is 12.5. The van der Waals surface area contributed by atoms with Crippen LogP contribution in [0.4, 0.5) is 0 Å². The first-order valence-corrected chi connectivity index (χ1v) is 8.56. The maximum Gasteiger partial charge on any atom is 0.325 e. The van der Waals surface area contributed by atoms with Gasteiger partial charge in [-0.05, 0) is 37.0 Å². The van der Waals surface area contributed by atoms with Crippen molar-refractivity contribution >= 4 is 11.9 Å². The number of fused-ring (bicyclic) bond motifs is 1. The van der Waals surface area contributed by atoms with Gasteiger partial charge in [0, 0.05) is 12.3 Å². The molecular weight excluding hydrogens is 322 g/mol. The largest absolute Gasteiger partial charge is 0.468 e. The standard InChI is InChI=1S/C19H21NO5/c1-23-18(22)11-20-17(21)7-9-19(20)8-3-2-4-14(19)13-5-6-15-16(10-13)25-12-24-15/h2-3,5-6,10,14H,4,7-9,11-12H2,1H3/t14-,19+/m0/s1. The molecule has 25 heavy (non-hydrogen) atoms. The third-order valence-electron chi connectivity index (χ3n) is 5.58. The molecule has 0 radical (unpaired) electrons. The minimum absolute atomic E-state index is 0.00419. The molecule has 0 bridgehead atoms. The van der Waals surface area contributed by atoms with E-state index in [1.807, 2.05) is 18.2 Å². The van der Waals surface area contributed by atoms with E-state index in [-0.39, 0.29) is 36.7 Å². The van der Waals surface area contributed by atoms with Gasteiger partial charge < -0.3 is 19.1 Å². The summed E-state index contributed by atoms with van der Waals surface area (Å²) in [5.74, 6) is 1.24. The number of likely N-dealkylation sites (tertiary alicyclic amines) is 1. The van der Waals surface area contributed by atoms with Crippen molar-refractivity contribution in [2.75, 3.05) is 20.4 Å². The van der Waals surface area contributed by atoms with Crippen LogP contribution in [0.5, 0.6) is 11.5 Å². The van der Waals surface area contributed by atoms with Crippen molar-refractivity contribution in [2.45, 2.75) is 37.1 Å². The van der Waals surface area contributed by atoms with Gasteiger partial charge in [-0.15, -0.1) is 0 Å². The van der Waals surface area contributed by atoms with E-state index >= 15 is 0 Å². The minimum atomic E-state index is -0.381. The normalized spacial score (nSPS) is 27.2. The van der Waals surface area contributed by atoms with E-state index in [0.29, 0.717) is 6.42 Å². The number of esters is 1. The summed E-state index contributed by atoms with van der Waals surface area (Å²) in [4.78, 5) is 26.1. The lowest BCUT2D eigenvalue weighted by molar-refractivity contribution is -0.149. The average molecular weight is 343 g/mol. The Labute approximate surface area is 146 Å². The molecule has 2 atom stereocenters. The topological polar surface area (TPSA) is 65.1 Å². The summed E-state index contributed by atoms with van der Waals surface area (Å²) >= 11 is 0. The first kappa shape index (κ1) is 16.0. The summed E-state index contributed by atoms with van der Waals surface area (Å²) in [6.07, 6.45) is 7.05. The van der Waals surface area contributed by atoms with Crippen LogP contribution in [0.2, 0.25) is 0 Å². The van der Waals surface area contributed by atoms with Crippen LogP contribution in [0.3, 0.4) is 0 Å². The molecule has 4 rings (SSSR count). The summed E-state index contributed by atoms with van der Waals surface area (Å²) in [5.41, 5.74) is 0.728. The zero-order valence-corrected chi connectivity index (χ0v) is 14.2. The van der Waals surface area contributed by atoms with E-state index in [0.717, 1.165) is 36.3 Å². The smallest absolute Gasteiger partial charge is 0.325 e. The van der Waals surface area contributed by atoms with Gasteiger partial charge in [-0.1, -0.05) is 18.2 Å². The Hall–Kier alpha value is -2.50. The average Bonchev–Trinajstić information content (AvgIpc) is 3.22. The Bertz CT molecular complexity index is 743. The Kier molecular flexibility index (Phi) is 3.90. The van der Waals surface area contributed by atoms with Gasteiger partial charge in [-0.2, -0.15) is 0 Å². The fraction of sp³-hybridized carbons (Fsp3) is 0.474. The number of benzene rings is 1. The number of nitrogens with zero attached hydrogens (tertiary/aromatic N) is 1. The highest BCUT2D eigenvalue weighted by Gasteiger charge is 2.51. The van der Waals surface area contributed by atoms with Gasteiger partial charge in [0.2, 0.25) is 12.7 Å². The van der Waals surface area contributed by atoms with Crippen LogP contribution in [0.1, 0.15) is 37.2 Å². The highest BCUT2D eigenvalue weighted by molar-refractivity contribution is 5.85. The highest BCUT2D eigenvalue weighted by Crippen LogP contribution is 2.50. The van der Waals surface area contributed by atoms with Gasteiger partial charge in [0.15, 0.2) is 11.5 Å². The van der Waals surface area contributed by atoms with Gasteiger partial charge in [0.25, 0.3) is 0 Å². The molecule has 1 aromatic rings. The predicted molar refractivity (Wildman–Crippen MR) is 89.4 cm³/mol. The number of amides is 1. The third kappa shape index (κ3) is 2.56. The molecule has 132 valence electrons. The van der Waals surface area contributed by atoms with Crippen molar-refractivity contribution in [3.63, 3.8) is 0 Å². The molecule has 2 heterocycles. The fourth-order valence-corrected chi connectivity index (χ4v) is 4.31. The van der Waals surface area contributed by atoms with E-state index in [1.54, 1.807) is 4.90 Å². The molecule has 1 fully saturated rings. The lowest BCUT2D eigenvalue weighted by Gasteiger charge is -2.45. The molecule has 1 amide bonds. The fourth-order valence-electron chi connectivity index (χ4n) is 4.31. The molecule has 0 N–H and O–H groups in total. The number of hydrogen-bond acceptors (Lipinski definition) is 5. The Balaban J connectivity index is 1.72. The predicted octanol–water partition coefficient (Wildman–Crippen LogP) is 2.38. The van der Waals surface area contributed by atoms with Gasteiger partial charge >= 0.3 is 5.97 Å². The van der Waals surface area contributed by atoms with E-state index < -0.39 is 0 Å². The van der Waals surface area contributed by atoms with Gasteiger partial charge in [0.05, 0.1) is 12.6 Å². The van der Waals surface area contributed by atoms with Crippen molar-refractivity contribution in [3.8, 4) is 11.5 Å². The van der Waals surface area contributed by atoms with Gasteiger partial charge in [-0.3, -0.25) is 9.59 Å². The first-order chi connectivity index (χ1) is 12.1. The van der Waals surface area contributed by atoms with Crippen molar-refractivity contribution in [2.24, 2.45) is 0 Å². The maximum absolute atomic E-state index is 12.5. The molecule has 1 aliphatic carbocycles. The van der Waals surface area contributed by atoms with Crippen molar-refractivity contribution in [1.29, 1.82) is 0 Å². The quantitative estimate of drug-likeness (QED) is 0.623. The first-order valence-electron chi connectivity index (χ1n) is 8.56. The number of carbonyl (C=O) groups excluding carboxylic acids is 2. The minimum Gasteiger partial charge on any atom is -0.468 e. The van der Waals surface area contributed by atoms with Crippen LogP contribution in [0.15, 0.2) is 30.4 Å². The lowest BCUT2D eigenvalue weighted by atomic mass is 9.70. The summed E-state index contributed by atoms with van der Waals surface area (Å²) < 4.78 is 15.7. The Morgan fingerprint density at radius 2 is 2.16 bits per heavy atom. The number of carbonyl (C=O) groups is 2. The number of allylic oxidation sites excluding steroid dienone is 1. The molecule has 1 spiro atoms. The summed E-state index contributed by atoms with van der Waals surface area (Å²) in [6.45, 7) is 0.242. The molecular formula is C19H21NO5. The zero-order valence-electron chi connectivity index (χ0n) is 14.2. The number of rotatable bonds is 3. The second kappa shape index (κ2) is 6.10. The lowest BCUT2D eigenvalue weighted by Crippen LogP contribution is -2.52. The monoisotopic (exact) mass is 343 g/mol. The molecule has 0 saturated carbocycles. The molecule has 6 nitrogen and oxygen atoms in total. The van der Waals surface area contributed by atoms with Crippen LogP contribution < -0.4 is 9.47 Å². The van der Waals surface area contributed by atoms with Crippen LogP contribution in [-0.2, 0) is 14.3 Å². The highest BCUT2D eigenvalue weighted by atomic mass is 16.7. The second-order valence-corrected chi connectivity index (χ2v) is 6.74. The Morgan fingerprint density at radius 3 is 3.00 bits per heavy atom. The van der Waals surface area contributed by atoms with Crippen LogP contribution in [0.25, 0.3) is 0 Å². The van der Waals surface area contributed by atoms with E-state index in [9.17, 15) is 9.59 Å². The zero-order chi connectivity index (χ0) is 17.4. The molecule has 6 heteroatoms. The van der Waals surface area contributed by atoms with E-state index in [4.69, 9.17) is 14.2 Å². The number of ether oxygens (including phenoxy) is 3. The summed E-state index contributed by atoms with van der Waals surface area (Å²) in [7, 11) is 1.35.